The standard InChI is InChI=1S/C8H13N3O2S/c1-3-7-10-5-6(4-9)8(11-7)14(2,12)13/h5H,3-4,9H2,1-2H3. The molecule has 1 heterocycles. The molecule has 0 atom stereocenters. The van der Waals surface area contributed by atoms with Crippen molar-refractivity contribution in [2.24, 2.45) is 5.73 Å². The highest BCUT2D eigenvalue weighted by Gasteiger charge is 2.15. The second-order valence-electron chi connectivity index (χ2n) is 2.95. The number of sulfone groups is 1. The van der Waals surface area contributed by atoms with Crippen molar-refractivity contribution in [3.63, 3.8) is 0 Å². The molecule has 14 heavy (non-hydrogen) atoms. The van der Waals surface area contributed by atoms with E-state index in [1.807, 2.05) is 6.92 Å². The molecule has 0 unspecified atom stereocenters. The lowest BCUT2D eigenvalue weighted by molar-refractivity contribution is 0.594. The number of aryl methyl sites for hydroxylation is 1. The zero-order chi connectivity index (χ0) is 10.8. The Morgan fingerprint density at radius 3 is 2.57 bits per heavy atom. The fourth-order valence-corrected chi connectivity index (χ4v) is 1.94. The van der Waals surface area contributed by atoms with Crippen molar-refractivity contribution < 1.29 is 8.42 Å². The lowest BCUT2D eigenvalue weighted by Crippen LogP contribution is -2.11. The van der Waals surface area contributed by atoms with Gasteiger partial charge in [0.05, 0.1) is 0 Å². The van der Waals surface area contributed by atoms with Gasteiger partial charge in [-0.15, -0.1) is 0 Å². The van der Waals surface area contributed by atoms with Crippen LogP contribution in [0.1, 0.15) is 18.3 Å². The van der Waals surface area contributed by atoms with Crippen LogP contribution in [0.15, 0.2) is 11.2 Å². The van der Waals surface area contributed by atoms with Gasteiger partial charge in [0.2, 0.25) is 0 Å². The SMILES string of the molecule is CCc1ncc(CN)c(S(C)(=O)=O)n1. The maximum atomic E-state index is 11.3. The van der Waals surface area contributed by atoms with Crippen molar-refractivity contribution in [3.8, 4) is 0 Å². The van der Waals surface area contributed by atoms with Crippen molar-refractivity contribution >= 4 is 9.84 Å². The Hall–Kier alpha value is -1.01. The van der Waals surface area contributed by atoms with Gasteiger partial charge in [-0.3, -0.25) is 0 Å². The summed E-state index contributed by atoms with van der Waals surface area (Å²) in [4.78, 5) is 7.94. The smallest absolute Gasteiger partial charge is 0.193 e. The lowest BCUT2D eigenvalue weighted by atomic mass is 10.3. The monoisotopic (exact) mass is 215 g/mol. The minimum Gasteiger partial charge on any atom is -0.326 e. The molecule has 78 valence electrons. The van der Waals surface area contributed by atoms with Gasteiger partial charge >= 0.3 is 0 Å². The maximum Gasteiger partial charge on any atom is 0.193 e. The molecule has 0 bridgehead atoms. The van der Waals surface area contributed by atoms with Gasteiger partial charge in [0.1, 0.15) is 5.82 Å². The van der Waals surface area contributed by atoms with Crippen LogP contribution in [0.2, 0.25) is 0 Å². The first kappa shape index (κ1) is 11.1. The van der Waals surface area contributed by atoms with Crippen molar-refractivity contribution in [2.75, 3.05) is 6.26 Å². The van der Waals surface area contributed by atoms with E-state index in [1.165, 1.54) is 6.20 Å². The average Bonchev–Trinajstić information content (AvgIpc) is 2.15. The molecule has 0 aromatic carbocycles. The number of hydrogen-bond acceptors (Lipinski definition) is 5. The van der Waals surface area contributed by atoms with E-state index in [1.54, 1.807) is 0 Å². The highest BCUT2D eigenvalue weighted by Crippen LogP contribution is 2.11. The van der Waals surface area contributed by atoms with E-state index in [9.17, 15) is 8.42 Å². The predicted molar refractivity (Wildman–Crippen MR) is 52.4 cm³/mol. The van der Waals surface area contributed by atoms with Gasteiger partial charge in [0.15, 0.2) is 14.9 Å². The lowest BCUT2D eigenvalue weighted by Gasteiger charge is -2.05. The number of nitrogens with zero attached hydrogens (tertiary/aromatic N) is 2. The van der Waals surface area contributed by atoms with E-state index in [2.05, 4.69) is 9.97 Å². The molecule has 0 amide bonds. The Kier molecular flexibility index (Phi) is 3.17. The normalized spacial score (nSPS) is 11.6. The zero-order valence-electron chi connectivity index (χ0n) is 8.19. The summed E-state index contributed by atoms with van der Waals surface area (Å²) < 4.78 is 22.7. The Morgan fingerprint density at radius 2 is 2.14 bits per heavy atom. The van der Waals surface area contributed by atoms with Crippen molar-refractivity contribution in [1.29, 1.82) is 0 Å². The van der Waals surface area contributed by atoms with Crippen LogP contribution in [0.4, 0.5) is 0 Å². The largest absolute Gasteiger partial charge is 0.326 e. The summed E-state index contributed by atoms with van der Waals surface area (Å²) in [6, 6.07) is 0. The van der Waals surface area contributed by atoms with Crippen LogP contribution in [0.3, 0.4) is 0 Å². The summed E-state index contributed by atoms with van der Waals surface area (Å²) in [6.45, 7) is 2.00. The van der Waals surface area contributed by atoms with Crippen LogP contribution in [-0.4, -0.2) is 24.6 Å². The average molecular weight is 215 g/mol. The van der Waals surface area contributed by atoms with Gasteiger partial charge in [-0.2, -0.15) is 0 Å². The molecule has 0 radical (unpaired) electrons. The molecule has 1 aromatic heterocycles. The predicted octanol–water partition coefficient (Wildman–Crippen LogP) is -0.0988. The minimum absolute atomic E-state index is 0.0480. The maximum absolute atomic E-state index is 11.3. The van der Waals surface area contributed by atoms with E-state index in [-0.39, 0.29) is 11.6 Å². The summed E-state index contributed by atoms with van der Waals surface area (Å²) in [5, 5.41) is 0.0480. The molecule has 0 fully saturated rings. The molecule has 6 heteroatoms. The Morgan fingerprint density at radius 1 is 1.50 bits per heavy atom. The van der Waals surface area contributed by atoms with Crippen molar-refractivity contribution in [1.82, 2.24) is 9.97 Å². The topological polar surface area (TPSA) is 85.9 Å². The van der Waals surface area contributed by atoms with Crippen molar-refractivity contribution in [3.05, 3.63) is 17.6 Å². The van der Waals surface area contributed by atoms with Crippen LogP contribution in [-0.2, 0) is 22.8 Å². The summed E-state index contributed by atoms with van der Waals surface area (Å²) in [5.74, 6) is 0.516. The van der Waals surface area contributed by atoms with Gasteiger partial charge in [-0.25, -0.2) is 18.4 Å². The van der Waals surface area contributed by atoms with Crippen molar-refractivity contribution in [2.45, 2.75) is 24.9 Å². The molecule has 0 saturated heterocycles. The van der Waals surface area contributed by atoms with E-state index < -0.39 is 9.84 Å². The number of aromatic nitrogens is 2. The molecular formula is C8H13N3O2S. The molecule has 0 spiro atoms. The molecule has 0 aliphatic rings. The van der Waals surface area contributed by atoms with Crippen LogP contribution in [0.5, 0.6) is 0 Å². The molecule has 2 N–H and O–H groups in total. The summed E-state index contributed by atoms with van der Waals surface area (Å²) in [6.07, 6.45) is 3.20. The van der Waals surface area contributed by atoms with Gasteiger partial charge in [0, 0.05) is 31.0 Å². The number of rotatable bonds is 3. The molecular weight excluding hydrogens is 202 g/mol. The van der Waals surface area contributed by atoms with Gasteiger partial charge in [-0.05, 0) is 0 Å². The molecule has 1 rings (SSSR count). The molecule has 0 aliphatic carbocycles. The molecule has 0 aliphatic heterocycles. The summed E-state index contributed by atoms with van der Waals surface area (Å²) in [7, 11) is -3.31. The quantitative estimate of drug-likeness (QED) is 0.712. The first-order chi connectivity index (χ1) is 6.49. The molecule has 1 aromatic rings. The Labute approximate surface area is 83.3 Å². The van der Waals surface area contributed by atoms with E-state index in [0.29, 0.717) is 17.8 Å². The van der Waals surface area contributed by atoms with Crippen LogP contribution in [0, 0.1) is 0 Å². The Bertz CT molecular complexity index is 428. The zero-order valence-corrected chi connectivity index (χ0v) is 9.00. The highest BCUT2D eigenvalue weighted by atomic mass is 32.2. The fourth-order valence-electron chi connectivity index (χ4n) is 1.06. The minimum atomic E-state index is -3.31. The van der Waals surface area contributed by atoms with Gasteiger partial charge < -0.3 is 5.73 Å². The van der Waals surface area contributed by atoms with E-state index >= 15 is 0 Å². The van der Waals surface area contributed by atoms with Crippen LogP contribution < -0.4 is 5.73 Å². The fraction of sp³-hybridized carbons (Fsp3) is 0.500. The highest BCUT2D eigenvalue weighted by molar-refractivity contribution is 7.90. The van der Waals surface area contributed by atoms with Gasteiger partial charge in [0.25, 0.3) is 0 Å². The second-order valence-corrected chi connectivity index (χ2v) is 4.88. The number of hydrogen-bond donors (Lipinski definition) is 1. The third kappa shape index (κ3) is 2.27. The second kappa shape index (κ2) is 4.02. The Balaban J connectivity index is 3.37. The van der Waals surface area contributed by atoms with Crippen LogP contribution in [0.25, 0.3) is 0 Å². The van der Waals surface area contributed by atoms with E-state index in [0.717, 1.165) is 6.26 Å². The number of nitrogens with two attached hydrogens (primary N) is 1. The van der Waals surface area contributed by atoms with Crippen LogP contribution >= 0.6 is 0 Å². The third-order valence-corrected chi connectivity index (χ3v) is 2.82. The third-order valence-electron chi connectivity index (χ3n) is 1.76. The first-order valence-corrected chi connectivity index (χ1v) is 6.13. The van der Waals surface area contributed by atoms with E-state index in [4.69, 9.17) is 5.73 Å². The van der Waals surface area contributed by atoms with Gasteiger partial charge in [-0.1, -0.05) is 6.92 Å². The molecule has 0 saturated carbocycles. The summed E-state index contributed by atoms with van der Waals surface area (Å²) >= 11 is 0. The molecule has 5 nitrogen and oxygen atoms in total. The summed E-state index contributed by atoms with van der Waals surface area (Å²) in [5.41, 5.74) is 5.86. The first-order valence-electron chi connectivity index (χ1n) is 4.24.